The van der Waals surface area contributed by atoms with E-state index in [-0.39, 0.29) is 11.7 Å². The number of carbonyl (C=O) groups is 1. The number of carbonyl (C=O) groups excluding carboxylic acids is 1. The molecule has 0 saturated heterocycles. The van der Waals surface area contributed by atoms with E-state index in [1.54, 1.807) is 19.2 Å². The molecule has 0 saturated carbocycles. The predicted molar refractivity (Wildman–Crippen MR) is 64.6 cm³/mol. The van der Waals surface area contributed by atoms with Gasteiger partial charge in [0.25, 0.3) is 0 Å². The number of nitrogens with one attached hydrogen (secondary N) is 1. The summed E-state index contributed by atoms with van der Waals surface area (Å²) >= 11 is 0. The van der Waals surface area contributed by atoms with Gasteiger partial charge in [0.2, 0.25) is 5.91 Å². The van der Waals surface area contributed by atoms with Crippen molar-refractivity contribution in [3.05, 3.63) is 29.6 Å². The van der Waals surface area contributed by atoms with E-state index in [0.29, 0.717) is 30.7 Å². The Bertz CT molecular complexity index is 380. The minimum absolute atomic E-state index is 0.0100. The SMILES string of the molecule is CCCC(=O)NCCc1cc(OC)ccc1F. The molecule has 1 N–H and O–H groups in total. The number of methoxy groups -OCH3 is 1. The molecule has 0 fully saturated rings. The number of hydrogen-bond acceptors (Lipinski definition) is 2. The molecular weight excluding hydrogens is 221 g/mol. The van der Waals surface area contributed by atoms with Gasteiger partial charge in [-0.05, 0) is 36.6 Å². The number of amides is 1. The summed E-state index contributed by atoms with van der Waals surface area (Å²) in [6.07, 6.45) is 1.80. The van der Waals surface area contributed by atoms with Crippen LogP contribution in [0.15, 0.2) is 18.2 Å². The quantitative estimate of drug-likeness (QED) is 0.827. The fraction of sp³-hybridized carbons (Fsp3) is 0.462. The summed E-state index contributed by atoms with van der Waals surface area (Å²) in [6.45, 7) is 2.39. The van der Waals surface area contributed by atoms with Crippen LogP contribution in [0.4, 0.5) is 4.39 Å². The monoisotopic (exact) mass is 239 g/mol. The predicted octanol–water partition coefficient (Wildman–Crippen LogP) is 2.29. The van der Waals surface area contributed by atoms with E-state index in [1.807, 2.05) is 6.92 Å². The van der Waals surface area contributed by atoms with Crippen molar-refractivity contribution in [1.82, 2.24) is 5.32 Å². The van der Waals surface area contributed by atoms with Crippen molar-refractivity contribution < 1.29 is 13.9 Å². The molecule has 0 aliphatic carbocycles. The van der Waals surface area contributed by atoms with E-state index in [9.17, 15) is 9.18 Å². The van der Waals surface area contributed by atoms with Gasteiger partial charge in [-0.1, -0.05) is 6.92 Å². The lowest BCUT2D eigenvalue weighted by atomic mass is 10.1. The molecule has 0 aromatic heterocycles. The molecule has 0 aliphatic rings. The number of hydrogen-bond donors (Lipinski definition) is 1. The third-order valence-corrected chi connectivity index (χ3v) is 2.45. The van der Waals surface area contributed by atoms with Gasteiger partial charge in [0, 0.05) is 13.0 Å². The van der Waals surface area contributed by atoms with Crippen molar-refractivity contribution in [1.29, 1.82) is 0 Å². The summed E-state index contributed by atoms with van der Waals surface area (Å²) in [4.78, 5) is 11.2. The molecule has 0 heterocycles. The van der Waals surface area contributed by atoms with Gasteiger partial charge >= 0.3 is 0 Å². The Balaban J connectivity index is 2.48. The molecule has 0 spiro atoms. The smallest absolute Gasteiger partial charge is 0.219 e. The van der Waals surface area contributed by atoms with Crippen LogP contribution in [0.3, 0.4) is 0 Å². The van der Waals surface area contributed by atoms with Gasteiger partial charge in [-0.2, -0.15) is 0 Å². The molecule has 0 atom stereocenters. The van der Waals surface area contributed by atoms with E-state index in [2.05, 4.69) is 5.32 Å². The van der Waals surface area contributed by atoms with Crippen LogP contribution < -0.4 is 10.1 Å². The Morgan fingerprint density at radius 3 is 2.88 bits per heavy atom. The number of benzene rings is 1. The first kappa shape index (κ1) is 13.5. The third kappa shape index (κ3) is 4.43. The van der Waals surface area contributed by atoms with E-state index in [4.69, 9.17) is 4.74 Å². The first-order valence-electron chi connectivity index (χ1n) is 5.76. The molecule has 0 bridgehead atoms. The Hall–Kier alpha value is -1.58. The third-order valence-electron chi connectivity index (χ3n) is 2.45. The van der Waals surface area contributed by atoms with Crippen molar-refractivity contribution in [2.45, 2.75) is 26.2 Å². The van der Waals surface area contributed by atoms with Gasteiger partial charge in [-0.25, -0.2) is 4.39 Å². The van der Waals surface area contributed by atoms with Crippen LogP contribution in [0.5, 0.6) is 5.75 Å². The molecular formula is C13H18FNO2. The second-order valence-electron chi connectivity index (χ2n) is 3.81. The van der Waals surface area contributed by atoms with Crippen molar-refractivity contribution in [3.8, 4) is 5.75 Å². The van der Waals surface area contributed by atoms with Gasteiger partial charge in [-0.3, -0.25) is 4.79 Å². The maximum atomic E-state index is 13.4. The van der Waals surface area contributed by atoms with Crippen molar-refractivity contribution >= 4 is 5.91 Å². The van der Waals surface area contributed by atoms with Crippen molar-refractivity contribution in [3.63, 3.8) is 0 Å². The average molecular weight is 239 g/mol. The topological polar surface area (TPSA) is 38.3 Å². The van der Waals surface area contributed by atoms with Crippen LogP contribution >= 0.6 is 0 Å². The summed E-state index contributed by atoms with van der Waals surface area (Å²) in [5.74, 6) is 0.368. The molecule has 1 rings (SSSR count). The molecule has 0 aliphatic heterocycles. The van der Waals surface area contributed by atoms with E-state index < -0.39 is 0 Å². The highest BCUT2D eigenvalue weighted by atomic mass is 19.1. The lowest BCUT2D eigenvalue weighted by molar-refractivity contribution is -0.121. The van der Waals surface area contributed by atoms with Crippen molar-refractivity contribution in [2.75, 3.05) is 13.7 Å². The second kappa shape index (κ2) is 6.89. The molecule has 17 heavy (non-hydrogen) atoms. The highest BCUT2D eigenvalue weighted by Gasteiger charge is 2.05. The second-order valence-corrected chi connectivity index (χ2v) is 3.81. The minimum Gasteiger partial charge on any atom is -0.497 e. The first-order chi connectivity index (χ1) is 8.17. The van der Waals surface area contributed by atoms with E-state index in [1.165, 1.54) is 6.07 Å². The maximum Gasteiger partial charge on any atom is 0.219 e. The fourth-order valence-electron chi connectivity index (χ4n) is 1.52. The van der Waals surface area contributed by atoms with Crippen LogP contribution in [0.1, 0.15) is 25.3 Å². The van der Waals surface area contributed by atoms with Crippen LogP contribution in [-0.2, 0) is 11.2 Å². The van der Waals surface area contributed by atoms with E-state index >= 15 is 0 Å². The van der Waals surface area contributed by atoms with Gasteiger partial charge in [0.05, 0.1) is 7.11 Å². The lowest BCUT2D eigenvalue weighted by Gasteiger charge is -2.07. The first-order valence-corrected chi connectivity index (χ1v) is 5.76. The Morgan fingerprint density at radius 1 is 1.47 bits per heavy atom. The highest BCUT2D eigenvalue weighted by molar-refractivity contribution is 5.75. The van der Waals surface area contributed by atoms with Gasteiger partial charge in [0.1, 0.15) is 11.6 Å². The standard InChI is InChI=1S/C13H18FNO2/c1-3-4-13(16)15-8-7-10-9-11(17-2)5-6-12(10)14/h5-6,9H,3-4,7-8H2,1-2H3,(H,15,16). The summed E-state index contributed by atoms with van der Waals surface area (Å²) < 4.78 is 18.4. The zero-order valence-electron chi connectivity index (χ0n) is 10.3. The van der Waals surface area contributed by atoms with Gasteiger partial charge in [0.15, 0.2) is 0 Å². The average Bonchev–Trinajstić information content (AvgIpc) is 2.32. The summed E-state index contributed by atoms with van der Waals surface area (Å²) in [5.41, 5.74) is 0.557. The number of ether oxygens (including phenoxy) is 1. The van der Waals surface area contributed by atoms with Crippen LogP contribution in [-0.4, -0.2) is 19.6 Å². The molecule has 4 heteroatoms. The largest absolute Gasteiger partial charge is 0.497 e. The Labute approximate surface area is 101 Å². The van der Waals surface area contributed by atoms with Crippen LogP contribution in [0, 0.1) is 5.82 Å². The molecule has 3 nitrogen and oxygen atoms in total. The molecule has 1 aromatic rings. The zero-order valence-corrected chi connectivity index (χ0v) is 10.3. The van der Waals surface area contributed by atoms with E-state index in [0.717, 1.165) is 6.42 Å². The molecule has 1 aromatic carbocycles. The molecule has 0 unspecified atom stereocenters. The normalized spacial score (nSPS) is 10.1. The number of halogens is 1. The van der Waals surface area contributed by atoms with Gasteiger partial charge in [-0.15, -0.1) is 0 Å². The highest BCUT2D eigenvalue weighted by Crippen LogP contribution is 2.16. The zero-order chi connectivity index (χ0) is 12.7. The molecule has 0 radical (unpaired) electrons. The van der Waals surface area contributed by atoms with Crippen molar-refractivity contribution in [2.24, 2.45) is 0 Å². The van der Waals surface area contributed by atoms with Gasteiger partial charge < -0.3 is 10.1 Å². The summed E-state index contributed by atoms with van der Waals surface area (Å²) in [6, 6.07) is 4.61. The number of rotatable bonds is 6. The fourth-order valence-corrected chi connectivity index (χ4v) is 1.52. The maximum absolute atomic E-state index is 13.4. The lowest BCUT2D eigenvalue weighted by Crippen LogP contribution is -2.25. The Kier molecular flexibility index (Phi) is 5.46. The summed E-state index contributed by atoms with van der Waals surface area (Å²) in [7, 11) is 1.54. The molecule has 94 valence electrons. The van der Waals surface area contributed by atoms with Crippen LogP contribution in [0.2, 0.25) is 0 Å². The summed E-state index contributed by atoms with van der Waals surface area (Å²) in [5, 5.41) is 2.75. The minimum atomic E-state index is -0.268. The van der Waals surface area contributed by atoms with Crippen LogP contribution in [0.25, 0.3) is 0 Å². The Morgan fingerprint density at radius 2 is 2.24 bits per heavy atom. The molecule has 1 amide bonds.